The van der Waals surface area contributed by atoms with Gasteiger partial charge in [-0.05, 0) is 36.2 Å². The lowest BCUT2D eigenvalue weighted by molar-refractivity contribution is -0.125. The van der Waals surface area contributed by atoms with Gasteiger partial charge in [-0.15, -0.1) is 0 Å². The number of amides is 3. The van der Waals surface area contributed by atoms with Crippen LogP contribution in [0.15, 0.2) is 48.5 Å². The molecule has 1 aliphatic rings. The van der Waals surface area contributed by atoms with Crippen molar-refractivity contribution in [3.05, 3.63) is 76.5 Å². The molecule has 1 fully saturated rings. The quantitative estimate of drug-likeness (QED) is 0.456. The maximum absolute atomic E-state index is 12.6. The summed E-state index contributed by atoms with van der Waals surface area (Å²) in [7, 11) is 1.29. The van der Waals surface area contributed by atoms with E-state index in [-0.39, 0.29) is 36.7 Å². The zero-order chi connectivity index (χ0) is 23.5. The van der Waals surface area contributed by atoms with E-state index in [0.717, 1.165) is 10.3 Å². The molecule has 33 heavy (non-hydrogen) atoms. The first-order chi connectivity index (χ1) is 15.9. The predicted molar refractivity (Wildman–Crippen MR) is 117 cm³/mol. The number of aryl methyl sites for hydroxylation is 1. The third kappa shape index (κ3) is 4.38. The number of benzene rings is 2. The van der Waals surface area contributed by atoms with Gasteiger partial charge in [-0.25, -0.2) is 19.4 Å². The van der Waals surface area contributed by atoms with Gasteiger partial charge in [-0.2, -0.15) is 0 Å². The Labute approximate surface area is 189 Å². The SMILES string of the molecule is COC(=O)c1c(COC(=O)c2ccc(CN3C(=O)CNC3=O)cc2)nc2ccccc2c1C. The Kier molecular flexibility index (Phi) is 6.03. The summed E-state index contributed by atoms with van der Waals surface area (Å²) in [5, 5.41) is 3.27. The number of hydrogen-bond donors (Lipinski definition) is 1. The smallest absolute Gasteiger partial charge is 0.340 e. The Morgan fingerprint density at radius 1 is 1.06 bits per heavy atom. The fourth-order valence-corrected chi connectivity index (χ4v) is 3.68. The number of para-hydroxylation sites is 1. The highest BCUT2D eigenvalue weighted by atomic mass is 16.5. The third-order valence-corrected chi connectivity index (χ3v) is 5.42. The first-order valence-corrected chi connectivity index (χ1v) is 10.2. The number of methoxy groups -OCH3 is 1. The van der Waals surface area contributed by atoms with Crippen LogP contribution in [-0.2, 0) is 27.4 Å². The van der Waals surface area contributed by atoms with Crippen molar-refractivity contribution in [2.24, 2.45) is 0 Å². The van der Waals surface area contributed by atoms with E-state index in [1.807, 2.05) is 24.3 Å². The Morgan fingerprint density at radius 3 is 2.45 bits per heavy atom. The summed E-state index contributed by atoms with van der Waals surface area (Å²) in [5.41, 5.74) is 2.93. The number of carbonyl (C=O) groups is 4. The number of fused-ring (bicyclic) bond motifs is 1. The second-order valence-electron chi connectivity index (χ2n) is 7.48. The Morgan fingerprint density at radius 2 is 1.79 bits per heavy atom. The monoisotopic (exact) mass is 447 g/mol. The molecule has 168 valence electrons. The molecule has 9 nitrogen and oxygen atoms in total. The van der Waals surface area contributed by atoms with Crippen LogP contribution in [0.3, 0.4) is 0 Å². The maximum Gasteiger partial charge on any atom is 0.340 e. The van der Waals surface area contributed by atoms with Gasteiger partial charge < -0.3 is 14.8 Å². The van der Waals surface area contributed by atoms with E-state index < -0.39 is 18.0 Å². The van der Waals surface area contributed by atoms with E-state index in [2.05, 4.69) is 10.3 Å². The highest BCUT2D eigenvalue weighted by molar-refractivity contribution is 6.02. The summed E-state index contributed by atoms with van der Waals surface area (Å²) in [6.07, 6.45) is 0. The van der Waals surface area contributed by atoms with Gasteiger partial charge in [0.25, 0.3) is 0 Å². The van der Waals surface area contributed by atoms with E-state index >= 15 is 0 Å². The van der Waals surface area contributed by atoms with Crippen LogP contribution < -0.4 is 5.32 Å². The van der Waals surface area contributed by atoms with Crippen LogP contribution in [0.4, 0.5) is 4.79 Å². The molecular formula is C24H21N3O6. The van der Waals surface area contributed by atoms with E-state index in [1.54, 1.807) is 31.2 Å². The van der Waals surface area contributed by atoms with Gasteiger partial charge in [0.15, 0.2) is 0 Å². The van der Waals surface area contributed by atoms with Crippen molar-refractivity contribution in [2.45, 2.75) is 20.1 Å². The Bertz CT molecular complexity index is 1250. The molecule has 0 spiro atoms. The molecule has 3 aromatic rings. The van der Waals surface area contributed by atoms with Gasteiger partial charge in [0.1, 0.15) is 6.61 Å². The van der Waals surface area contributed by atoms with Gasteiger partial charge in [0.2, 0.25) is 5.91 Å². The lowest BCUT2D eigenvalue weighted by Crippen LogP contribution is -2.30. The first-order valence-electron chi connectivity index (χ1n) is 10.2. The number of imide groups is 1. The molecule has 0 saturated carbocycles. The van der Waals surface area contributed by atoms with Crippen molar-refractivity contribution in [3.8, 4) is 0 Å². The van der Waals surface area contributed by atoms with E-state index in [9.17, 15) is 19.2 Å². The highest BCUT2D eigenvalue weighted by Crippen LogP contribution is 2.24. The lowest BCUT2D eigenvalue weighted by atomic mass is 10.0. The van der Waals surface area contributed by atoms with Crippen molar-refractivity contribution in [2.75, 3.05) is 13.7 Å². The molecule has 0 atom stereocenters. The third-order valence-electron chi connectivity index (χ3n) is 5.42. The van der Waals surface area contributed by atoms with E-state index in [4.69, 9.17) is 9.47 Å². The normalized spacial score (nSPS) is 13.2. The Hall–Kier alpha value is -4.27. The molecule has 9 heteroatoms. The minimum atomic E-state index is -0.597. The molecule has 2 heterocycles. The molecule has 1 N–H and O–H groups in total. The van der Waals surface area contributed by atoms with Crippen LogP contribution in [-0.4, -0.2) is 47.4 Å². The molecule has 3 amide bonds. The standard InChI is InChI=1S/C24H21N3O6/c1-14-17-5-3-4-6-18(17)26-19(21(14)23(30)32-2)13-33-22(29)16-9-7-15(8-10-16)12-27-20(28)11-25-24(27)31/h3-10H,11-13H2,1-2H3,(H,25,31). The van der Waals surface area contributed by atoms with Gasteiger partial charge in [0.05, 0.1) is 42.5 Å². The number of pyridine rings is 1. The molecule has 1 saturated heterocycles. The highest BCUT2D eigenvalue weighted by Gasteiger charge is 2.28. The minimum absolute atomic E-state index is 0.0148. The average Bonchev–Trinajstić information content (AvgIpc) is 3.14. The van der Waals surface area contributed by atoms with Crippen molar-refractivity contribution < 1.29 is 28.7 Å². The number of ether oxygens (including phenoxy) is 2. The number of hydrogen-bond acceptors (Lipinski definition) is 7. The van der Waals surface area contributed by atoms with Crippen molar-refractivity contribution in [1.29, 1.82) is 0 Å². The van der Waals surface area contributed by atoms with E-state index in [0.29, 0.717) is 22.3 Å². The van der Waals surface area contributed by atoms with Crippen LogP contribution in [0, 0.1) is 6.92 Å². The summed E-state index contributed by atoms with van der Waals surface area (Å²) in [5.74, 6) is -1.45. The zero-order valence-electron chi connectivity index (χ0n) is 18.1. The van der Waals surface area contributed by atoms with Crippen LogP contribution >= 0.6 is 0 Å². The van der Waals surface area contributed by atoms with Gasteiger partial charge in [-0.1, -0.05) is 30.3 Å². The van der Waals surface area contributed by atoms with Crippen LogP contribution in [0.1, 0.15) is 37.5 Å². The largest absolute Gasteiger partial charge is 0.465 e. The number of nitrogens with zero attached hydrogens (tertiary/aromatic N) is 2. The number of carbonyl (C=O) groups excluding carboxylic acids is 4. The molecule has 0 unspecified atom stereocenters. The molecule has 0 bridgehead atoms. The topological polar surface area (TPSA) is 115 Å². The Balaban J connectivity index is 1.50. The van der Waals surface area contributed by atoms with Crippen molar-refractivity contribution >= 4 is 34.8 Å². The van der Waals surface area contributed by atoms with Gasteiger partial charge in [-0.3, -0.25) is 9.69 Å². The maximum atomic E-state index is 12.6. The molecule has 1 aromatic heterocycles. The lowest BCUT2D eigenvalue weighted by Gasteiger charge is -2.14. The molecular weight excluding hydrogens is 426 g/mol. The first kappa shape index (κ1) is 21.9. The second-order valence-corrected chi connectivity index (χ2v) is 7.48. The number of esters is 2. The predicted octanol–water partition coefficient (Wildman–Crippen LogP) is 2.74. The van der Waals surface area contributed by atoms with Crippen LogP contribution in [0.25, 0.3) is 10.9 Å². The van der Waals surface area contributed by atoms with Crippen molar-refractivity contribution in [1.82, 2.24) is 15.2 Å². The minimum Gasteiger partial charge on any atom is -0.465 e. The zero-order valence-corrected chi connectivity index (χ0v) is 18.1. The fourth-order valence-electron chi connectivity index (χ4n) is 3.68. The van der Waals surface area contributed by atoms with Crippen LogP contribution in [0.5, 0.6) is 0 Å². The number of rotatable bonds is 6. The summed E-state index contributed by atoms with van der Waals surface area (Å²) < 4.78 is 10.3. The summed E-state index contributed by atoms with van der Waals surface area (Å²) in [6, 6.07) is 13.3. The fraction of sp³-hybridized carbons (Fsp3) is 0.208. The second kappa shape index (κ2) is 9.07. The van der Waals surface area contributed by atoms with Gasteiger partial charge in [0, 0.05) is 5.39 Å². The molecule has 4 rings (SSSR count). The van der Waals surface area contributed by atoms with Gasteiger partial charge >= 0.3 is 18.0 Å². The van der Waals surface area contributed by atoms with Crippen molar-refractivity contribution in [3.63, 3.8) is 0 Å². The summed E-state index contributed by atoms with van der Waals surface area (Å²) >= 11 is 0. The molecule has 0 radical (unpaired) electrons. The summed E-state index contributed by atoms with van der Waals surface area (Å²) in [6.45, 7) is 1.69. The number of aromatic nitrogens is 1. The van der Waals surface area contributed by atoms with Crippen LogP contribution in [0.2, 0.25) is 0 Å². The summed E-state index contributed by atoms with van der Waals surface area (Å²) in [4.78, 5) is 54.0. The molecule has 0 aliphatic carbocycles. The van der Waals surface area contributed by atoms with E-state index in [1.165, 1.54) is 7.11 Å². The average molecular weight is 447 g/mol. The molecule has 1 aliphatic heterocycles. The number of urea groups is 1. The molecule has 2 aromatic carbocycles. The number of nitrogens with one attached hydrogen (secondary N) is 1.